The highest BCUT2D eigenvalue weighted by Gasteiger charge is 2.10. The van der Waals surface area contributed by atoms with Gasteiger partial charge in [-0.1, -0.05) is 19.1 Å². The number of carboxylic acid groups (broad SMARTS) is 1. The first-order chi connectivity index (χ1) is 6.56. The lowest BCUT2D eigenvalue weighted by Crippen LogP contribution is -2.04. The molecule has 0 spiro atoms. The first-order valence-corrected chi connectivity index (χ1v) is 4.43. The molecular formula is C11H12O3. The highest BCUT2D eigenvalue weighted by atomic mass is 16.4. The van der Waals surface area contributed by atoms with Crippen LogP contribution in [-0.2, 0) is 6.42 Å². The fourth-order valence-corrected chi connectivity index (χ4v) is 1.30. The fourth-order valence-electron chi connectivity index (χ4n) is 1.30. The van der Waals surface area contributed by atoms with Crippen molar-refractivity contribution in [2.75, 3.05) is 0 Å². The zero-order valence-corrected chi connectivity index (χ0v) is 8.20. The lowest BCUT2D eigenvalue weighted by atomic mass is 10.0. The Bertz CT molecular complexity index is 380. The van der Waals surface area contributed by atoms with Gasteiger partial charge in [0, 0.05) is 5.56 Å². The van der Waals surface area contributed by atoms with E-state index in [2.05, 4.69) is 0 Å². The SMILES string of the molecule is CCc1ccc(C(C)=O)cc1C(=O)O. The molecule has 1 N–H and O–H groups in total. The van der Waals surface area contributed by atoms with Gasteiger partial charge in [-0.25, -0.2) is 4.79 Å². The molecule has 0 saturated heterocycles. The second-order valence-corrected chi connectivity index (χ2v) is 3.09. The molecule has 0 heterocycles. The van der Waals surface area contributed by atoms with E-state index >= 15 is 0 Å². The molecule has 0 aliphatic carbocycles. The molecule has 3 nitrogen and oxygen atoms in total. The van der Waals surface area contributed by atoms with Crippen molar-refractivity contribution >= 4 is 11.8 Å². The third-order valence-electron chi connectivity index (χ3n) is 2.13. The van der Waals surface area contributed by atoms with Gasteiger partial charge in [0.05, 0.1) is 5.56 Å². The minimum absolute atomic E-state index is 0.116. The highest BCUT2D eigenvalue weighted by Crippen LogP contribution is 2.13. The van der Waals surface area contributed by atoms with Crippen LogP contribution in [0.1, 0.15) is 40.1 Å². The molecule has 0 atom stereocenters. The van der Waals surface area contributed by atoms with Crippen LogP contribution < -0.4 is 0 Å². The molecule has 74 valence electrons. The predicted octanol–water partition coefficient (Wildman–Crippen LogP) is 2.15. The fraction of sp³-hybridized carbons (Fsp3) is 0.273. The van der Waals surface area contributed by atoms with Gasteiger partial charge < -0.3 is 5.11 Å². The number of aromatic carboxylic acids is 1. The minimum atomic E-state index is -0.982. The van der Waals surface area contributed by atoms with E-state index in [0.717, 1.165) is 5.56 Å². The lowest BCUT2D eigenvalue weighted by molar-refractivity contribution is 0.0695. The Morgan fingerprint density at radius 3 is 2.43 bits per heavy atom. The number of carbonyl (C=O) groups is 2. The van der Waals surface area contributed by atoms with Crippen LogP contribution in [0.2, 0.25) is 0 Å². The van der Waals surface area contributed by atoms with Crippen LogP contribution in [-0.4, -0.2) is 16.9 Å². The van der Waals surface area contributed by atoms with Crippen molar-refractivity contribution in [2.45, 2.75) is 20.3 Å². The molecule has 1 aromatic carbocycles. The third kappa shape index (κ3) is 1.99. The normalized spacial score (nSPS) is 9.86. The second-order valence-electron chi connectivity index (χ2n) is 3.09. The maximum atomic E-state index is 11.0. The van der Waals surface area contributed by atoms with E-state index < -0.39 is 5.97 Å². The Kier molecular flexibility index (Phi) is 3.02. The summed E-state index contributed by atoms with van der Waals surface area (Å²) in [6.45, 7) is 3.31. The van der Waals surface area contributed by atoms with Crippen molar-refractivity contribution in [1.82, 2.24) is 0 Å². The number of carbonyl (C=O) groups excluding carboxylic acids is 1. The monoisotopic (exact) mass is 192 g/mol. The molecule has 0 saturated carbocycles. The molecule has 0 aromatic heterocycles. The van der Waals surface area contributed by atoms with Crippen LogP contribution >= 0.6 is 0 Å². The van der Waals surface area contributed by atoms with E-state index in [-0.39, 0.29) is 11.3 Å². The van der Waals surface area contributed by atoms with Gasteiger partial charge in [-0.2, -0.15) is 0 Å². The largest absolute Gasteiger partial charge is 0.478 e. The average molecular weight is 192 g/mol. The molecule has 0 bridgehead atoms. The summed E-state index contributed by atoms with van der Waals surface area (Å²) in [4.78, 5) is 21.9. The number of benzene rings is 1. The molecular weight excluding hydrogens is 180 g/mol. The highest BCUT2D eigenvalue weighted by molar-refractivity contribution is 5.98. The summed E-state index contributed by atoms with van der Waals surface area (Å²) in [6.07, 6.45) is 0.653. The van der Waals surface area contributed by atoms with Gasteiger partial charge in [0.2, 0.25) is 0 Å². The van der Waals surface area contributed by atoms with E-state index in [1.165, 1.54) is 13.0 Å². The van der Waals surface area contributed by atoms with Gasteiger partial charge in [-0.15, -0.1) is 0 Å². The maximum Gasteiger partial charge on any atom is 0.335 e. The Morgan fingerprint density at radius 2 is 2.00 bits per heavy atom. The smallest absolute Gasteiger partial charge is 0.335 e. The molecule has 0 amide bonds. The Balaban J connectivity index is 3.27. The standard InChI is InChI=1S/C11H12O3/c1-3-8-4-5-9(7(2)12)6-10(8)11(13)14/h4-6H,3H2,1-2H3,(H,13,14). The van der Waals surface area contributed by atoms with Crippen LogP contribution in [0.3, 0.4) is 0 Å². The number of aryl methyl sites for hydroxylation is 1. The van der Waals surface area contributed by atoms with Gasteiger partial charge in [0.25, 0.3) is 0 Å². The number of hydrogen-bond donors (Lipinski definition) is 1. The van der Waals surface area contributed by atoms with Gasteiger partial charge >= 0.3 is 5.97 Å². The molecule has 1 rings (SSSR count). The molecule has 0 fully saturated rings. The summed E-state index contributed by atoms with van der Waals surface area (Å²) in [7, 11) is 0. The molecule has 1 aromatic rings. The Labute approximate surface area is 82.4 Å². The zero-order chi connectivity index (χ0) is 10.7. The van der Waals surface area contributed by atoms with Crippen LogP contribution in [0.4, 0.5) is 0 Å². The van der Waals surface area contributed by atoms with E-state index in [9.17, 15) is 9.59 Å². The molecule has 14 heavy (non-hydrogen) atoms. The van der Waals surface area contributed by atoms with Crippen LogP contribution in [0.5, 0.6) is 0 Å². The van der Waals surface area contributed by atoms with Gasteiger partial charge in [0.15, 0.2) is 5.78 Å². The van der Waals surface area contributed by atoms with Crippen molar-refractivity contribution in [3.63, 3.8) is 0 Å². The summed E-state index contributed by atoms with van der Waals surface area (Å²) in [6, 6.07) is 4.79. The van der Waals surface area contributed by atoms with E-state index in [1.54, 1.807) is 12.1 Å². The average Bonchev–Trinajstić information content (AvgIpc) is 2.16. The molecule has 0 radical (unpaired) electrons. The molecule has 0 unspecified atom stereocenters. The van der Waals surface area contributed by atoms with E-state index in [0.29, 0.717) is 12.0 Å². The number of hydrogen-bond acceptors (Lipinski definition) is 2. The summed E-state index contributed by atoms with van der Waals surface area (Å²) in [5.41, 5.74) is 1.42. The van der Waals surface area contributed by atoms with Crippen molar-refractivity contribution in [3.05, 3.63) is 34.9 Å². The third-order valence-corrected chi connectivity index (χ3v) is 2.13. The van der Waals surface area contributed by atoms with Crippen LogP contribution in [0, 0.1) is 0 Å². The van der Waals surface area contributed by atoms with Crippen molar-refractivity contribution < 1.29 is 14.7 Å². The number of carboxylic acids is 1. The Hall–Kier alpha value is -1.64. The Morgan fingerprint density at radius 1 is 1.36 bits per heavy atom. The number of rotatable bonds is 3. The summed E-state index contributed by atoms with van der Waals surface area (Å²) >= 11 is 0. The van der Waals surface area contributed by atoms with Gasteiger partial charge in [-0.3, -0.25) is 4.79 Å². The van der Waals surface area contributed by atoms with Crippen molar-refractivity contribution in [3.8, 4) is 0 Å². The van der Waals surface area contributed by atoms with E-state index in [1.807, 2.05) is 6.92 Å². The number of ketones is 1. The molecule has 3 heteroatoms. The topological polar surface area (TPSA) is 54.4 Å². The number of Topliss-reactive ketones (excluding diaryl/α,β-unsaturated/α-hetero) is 1. The first-order valence-electron chi connectivity index (χ1n) is 4.43. The van der Waals surface area contributed by atoms with Crippen LogP contribution in [0.25, 0.3) is 0 Å². The summed E-state index contributed by atoms with van der Waals surface area (Å²) in [5, 5.41) is 8.89. The molecule has 0 aliphatic rings. The second kappa shape index (κ2) is 4.05. The van der Waals surface area contributed by atoms with Crippen molar-refractivity contribution in [2.24, 2.45) is 0 Å². The molecule has 0 aliphatic heterocycles. The summed E-state index contributed by atoms with van der Waals surface area (Å²) in [5.74, 6) is -1.10. The van der Waals surface area contributed by atoms with Crippen molar-refractivity contribution in [1.29, 1.82) is 0 Å². The zero-order valence-electron chi connectivity index (χ0n) is 8.20. The lowest BCUT2D eigenvalue weighted by Gasteiger charge is -2.04. The summed E-state index contributed by atoms with van der Waals surface area (Å²) < 4.78 is 0. The van der Waals surface area contributed by atoms with Crippen LogP contribution in [0.15, 0.2) is 18.2 Å². The van der Waals surface area contributed by atoms with Gasteiger partial charge in [0.1, 0.15) is 0 Å². The van der Waals surface area contributed by atoms with Gasteiger partial charge in [-0.05, 0) is 25.0 Å². The quantitative estimate of drug-likeness (QED) is 0.746. The maximum absolute atomic E-state index is 11.0. The van der Waals surface area contributed by atoms with E-state index in [4.69, 9.17) is 5.11 Å². The predicted molar refractivity (Wildman–Crippen MR) is 52.8 cm³/mol. The minimum Gasteiger partial charge on any atom is -0.478 e. The first kappa shape index (κ1) is 10.4.